The zero-order valence-corrected chi connectivity index (χ0v) is 30.3. The third-order valence-corrected chi connectivity index (χ3v) is 11.4. The molecule has 12 atom stereocenters. The molecule has 0 aliphatic heterocycles. The highest BCUT2D eigenvalue weighted by Gasteiger charge is 2.84. The summed E-state index contributed by atoms with van der Waals surface area (Å²) in [7, 11) is 0. The van der Waals surface area contributed by atoms with Crippen molar-refractivity contribution in [2.75, 3.05) is 0 Å². The van der Waals surface area contributed by atoms with E-state index in [-0.39, 0.29) is 12.0 Å². The van der Waals surface area contributed by atoms with Crippen LogP contribution in [0.3, 0.4) is 0 Å². The normalized spacial score (nSPS) is 38.9. The minimum absolute atomic E-state index is 0.180. The van der Waals surface area contributed by atoms with Crippen molar-refractivity contribution in [1.82, 2.24) is 0 Å². The van der Waals surface area contributed by atoms with Crippen molar-refractivity contribution >= 4 is 41.6 Å². The van der Waals surface area contributed by atoms with Gasteiger partial charge in [0.25, 0.3) is 0 Å². The molecule has 0 unspecified atom stereocenters. The SMILES string of the molecule is CC(=O)O[C@@H]1[C@@H]2[C@@H](OC(=O)c3ccccc3)[C@@H](C)C[C@]2(O)[C@@H](OC(C)=O)[C@@]2(C)[C@@H]3[C@@H](C[C@@]1(OC(C)=O)[C@@H]2OC(C)=O)C(=O)C(C)(C)[C@H]3OC(C)=O. The Morgan fingerprint density at radius 3 is 1.75 bits per heavy atom. The van der Waals surface area contributed by atoms with Crippen LogP contribution in [0.15, 0.2) is 30.3 Å². The second-order valence-corrected chi connectivity index (χ2v) is 15.3. The molecule has 14 heteroatoms. The summed E-state index contributed by atoms with van der Waals surface area (Å²) < 4.78 is 36.4. The molecule has 1 aromatic rings. The molecule has 278 valence electrons. The van der Waals surface area contributed by atoms with Crippen LogP contribution >= 0.6 is 0 Å². The number of carbonyl (C=O) groups excluding carboxylic acids is 7. The Hall–Kier alpha value is -4.33. The van der Waals surface area contributed by atoms with Gasteiger partial charge < -0.3 is 33.5 Å². The molecule has 0 spiro atoms. The van der Waals surface area contributed by atoms with E-state index in [1.165, 1.54) is 26.0 Å². The van der Waals surface area contributed by atoms with Crippen LogP contribution in [0.4, 0.5) is 0 Å². The number of ether oxygens (including phenoxy) is 6. The Balaban J connectivity index is 1.90. The van der Waals surface area contributed by atoms with Crippen molar-refractivity contribution in [3.8, 4) is 0 Å². The van der Waals surface area contributed by atoms with Gasteiger partial charge in [0.1, 0.15) is 29.7 Å². The van der Waals surface area contributed by atoms with Gasteiger partial charge in [0.15, 0.2) is 17.8 Å². The summed E-state index contributed by atoms with van der Waals surface area (Å²) in [6.07, 6.45) is -8.24. The van der Waals surface area contributed by atoms with Crippen LogP contribution in [-0.4, -0.2) is 88.4 Å². The maximum atomic E-state index is 14.5. The predicted octanol–water partition coefficient (Wildman–Crippen LogP) is 2.89. The lowest BCUT2D eigenvalue weighted by Crippen LogP contribution is -2.71. The summed E-state index contributed by atoms with van der Waals surface area (Å²) in [5, 5.41) is 13.3. The number of ketones is 1. The fourth-order valence-corrected chi connectivity index (χ4v) is 10.0. The molecule has 5 rings (SSSR count). The average Bonchev–Trinajstić information content (AvgIpc) is 3.36. The van der Waals surface area contributed by atoms with Crippen molar-refractivity contribution in [2.24, 2.45) is 34.5 Å². The first-order valence-corrected chi connectivity index (χ1v) is 17.0. The van der Waals surface area contributed by atoms with Crippen molar-refractivity contribution in [2.45, 2.75) is 117 Å². The summed E-state index contributed by atoms with van der Waals surface area (Å²) in [6.45, 7) is 11.9. The van der Waals surface area contributed by atoms with Gasteiger partial charge in [-0.3, -0.25) is 28.8 Å². The molecule has 0 saturated heterocycles. The molecular weight excluding hydrogens is 668 g/mol. The minimum atomic E-state index is -2.26. The first-order chi connectivity index (χ1) is 23.6. The topological polar surface area (TPSA) is 195 Å². The predicted molar refractivity (Wildman–Crippen MR) is 173 cm³/mol. The molecule has 4 saturated carbocycles. The fraction of sp³-hybridized carbons (Fsp3) is 0.649. The van der Waals surface area contributed by atoms with Crippen LogP contribution in [-0.2, 0) is 57.2 Å². The Kier molecular flexibility index (Phi) is 9.68. The number of esters is 6. The van der Waals surface area contributed by atoms with E-state index >= 15 is 0 Å². The van der Waals surface area contributed by atoms with E-state index in [0.29, 0.717) is 0 Å². The van der Waals surface area contributed by atoms with Gasteiger partial charge in [-0.25, -0.2) is 4.79 Å². The molecule has 0 heterocycles. The smallest absolute Gasteiger partial charge is 0.338 e. The lowest BCUT2D eigenvalue weighted by atomic mass is 9.53. The number of hydrogen-bond acceptors (Lipinski definition) is 14. The first kappa shape index (κ1) is 37.9. The Labute approximate surface area is 295 Å². The van der Waals surface area contributed by atoms with Crippen molar-refractivity contribution < 1.29 is 67.1 Å². The van der Waals surface area contributed by atoms with Crippen LogP contribution in [0, 0.1) is 34.5 Å². The Bertz CT molecular complexity index is 1640. The van der Waals surface area contributed by atoms with Crippen LogP contribution in [0.5, 0.6) is 0 Å². The second kappa shape index (κ2) is 13.0. The number of Topliss-reactive ketones (excluding diaryl/α,β-unsaturated/α-hetero) is 1. The number of rotatable bonds is 7. The molecule has 4 aliphatic carbocycles. The lowest BCUT2D eigenvalue weighted by molar-refractivity contribution is -0.276. The zero-order chi connectivity index (χ0) is 38.0. The first-order valence-electron chi connectivity index (χ1n) is 17.0. The molecule has 1 aromatic carbocycles. The van der Waals surface area contributed by atoms with Gasteiger partial charge in [-0.15, -0.1) is 0 Å². The molecule has 14 nitrogen and oxygen atoms in total. The van der Waals surface area contributed by atoms with E-state index in [4.69, 9.17) is 28.4 Å². The number of benzene rings is 1. The van der Waals surface area contributed by atoms with Gasteiger partial charge in [-0.1, -0.05) is 32.0 Å². The maximum Gasteiger partial charge on any atom is 0.338 e. The highest BCUT2D eigenvalue weighted by molar-refractivity contribution is 5.91. The minimum Gasteiger partial charge on any atom is -0.461 e. The third-order valence-electron chi connectivity index (χ3n) is 11.4. The third kappa shape index (κ3) is 5.98. The number of fused-ring (bicyclic) bond motifs is 5. The molecule has 4 aliphatic rings. The molecular formula is C37H46O14. The highest BCUT2D eigenvalue weighted by Crippen LogP contribution is 2.69. The van der Waals surface area contributed by atoms with E-state index < -0.39 is 124 Å². The Morgan fingerprint density at radius 1 is 0.686 bits per heavy atom. The average molecular weight is 715 g/mol. The quantitative estimate of drug-likeness (QED) is 0.320. The standard InChI is InChI=1S/C37H46O14/c1-17-15-36(45)26(27(17)50-31(44)23-13-11-10-12-14-23)30(47-19(3)39)37(51-22(6)42)16-24-25(29(46-18(2)38)34(7,8)28(24)43)35(9,32(36)48-20(4)40)33(37)49-21(5)41/h10-14,17,24-27,29-30,32-33,45H,15-16H2,1-9H3/t17-,24+,25+,26-,27-,29-,30+,32-,33+,35+,36+,37-/m0/s1. The molecule has 51 heavy (non-hydrogen) atoms. The van der Waals surface area contributed by atoms with Crippen molar-refractivity contribution in [3.63, 3.8) is 0 Å². The van der Waals surface area contributed by atoms with Crippen LogP contribution in [0.1, 0.15) is 85.5 Å². The highest BCUT2D eigenvalue weighted by atomic mass is 16.6. The van der Waals surface area contributed by atoms with E-state index in [1.54, 1.807) is 39.0 Å². The number of aliphatic hydroxyl groups is 1. The number of hydrogen-bond donors (Lipinski definition) is 1. The molecule has 4 fully saturated rings. The van der Waals surface area contributed by atoms with Crippen molar-refractivity contribution in [3.05, 3.63) is 35.9 Å². The van der Waals surface area contributed by atoms with Crippen LogP contribution in [0.2, 0.25) is 0 Å². The summed E-state index contributed by atoms with van der Waals surface area (Å²) in [4.78, 5) is 93.4. The van der Waals surface area contributed by atoms with Crippen molar-refractivity contribution in [1.29, 1.82) is 0 Å². The second-order valence-electron chi connectivity index (χ2n) is 15.3. The van der Waals surface area contributed by atoms with E-state index in [0.717, 1.165) is 27.7 Å². The molecule has 1 N–H and O–H groups in total. The molecule has 0 aromatic heterocycles. The van der Waals surface area contributed by atoms with E-state index in [9.17, 15) is 38.7 Å². The molecule has 0 amide bonds. The summed E-state index contributed by atoms with van der Waals surface area (Å²) >= 11 is 0. The van der Waals surface area contributed by atoms with Crippen LogP contribution < -0.4 is 0 Å². The summed E-state index contributed by atoms with van der Waals surface area (Å²) in [5.41, 5.74) is -7.57. The fourth-order valence-electron chi connectivity index (χ4n) is 10.0. The largest absolute Gasteiger partial charge is 0.461 e. The van der Waals surface area contributed by atoms with Crippen LogP contribution in [0.25, 0.3) is 0 Å². The monoisotopic (exact) mass is 714 g/mol. The summed E-state index contributed by atoms with van der Waals surface area (Å²) in [5.74, 6) is -9.88. The van der Waals surface area contributed by atoms with Gasteiger partial charge >= 0.3 is 35.8 Å². The Morgan fingerprint density at radius 2 is 1.22 bits per heavy atom. The van der Waals surface area contributed by atoms with Gasteiger partial charge in [-0.05, 0) is 38.3 Å². The zero-order valence-electron chi connectivity index (χ0n) is 30.3. The molecule has 0 radical (unpaired) electrons. The van der Waals surface area contributed by atoms with Gasteiger partial charge in [0.05, 0.1) is 22.3 Å². The molecule has 2 bridgehead atoms. The van der Waals surface area contributed by atoms with Gasteiger partial charge in [0, 0.05) is 52.9 Å². The van der Waals surface area contributed by atoms with E-state index in [1.807, 2.05) is 0 Å². The lowest BCUT2D eigenvalue weighted by Gasteiger charge is -2.58. The van der Waals surface area contributed by atoms with Gasteiger partial charge in [-0.2, -0.15) is 0 Å². The van der Waals surface area contributed by atoms with Gasteiger partial charge in [0.2, 0.25) is 0 Å². The number of carbonyl (C=O) groups is 7. The maximum absolute atomic E-state index is 14.5. The summed E-state index contributed by atoms with van der Waals surface area (Å²) in [6, 6.07) is 8.04. The van der Waals surface area contributed by atoms with E-state index in [2.05, 4.69) is 0 Å².